The third-order valence-corrected chi connectivity index (χ3v) is 7.39. The second-order valence-corrected chi connectivity index (χ2v) is 9.92. The van der Waals surface area contributed by atoms with E-state index in [-0.39, 0.29) is 29.5 Å². The number of carbonyl (C=O) groups excluding carboxylic acids is 1. The predicted octanol–water partition coefficient (Wildman–Crippen LogP) is 4.17. The number of hydrogen-bond donors (Lipinski definition) is 2. The fraction of sp³-hybridized carbons (Fsp3) is 0.103. The molecule has 0 atom stereocenters. The fourth-order valence-electron chi connectivity index (χ4n) is 4.42. The Bertz CT molecular complexity index is 1910. The Kier molecular flexibility index (Phi) is 6.40. The number of phenols is 1. The zero-order valence-corrected chi connectivity index (χ0v) is 22.4. The topological polar surface area (TPSA) is 115 Å². The maximum atomic E-state index is 13.5. The average molecular weight is 553 g/mol. The van der Waals surface area contributed by atoms with Crippen LogP contribution in [0, 0.1) is 6.92 Å². The van der Waals surface area contributed by atoms with Crippen LogP contribution in [0.3, 0.4) is 0 Å². The molecule has 10 nitrogen and oxygen atoms in total. The number of benzene rings is 3. The van der Waals surface area contributed by atoms with Crippen LogP contribution >= 0.6 is 11.3 Å². The second-order valence-electron chi connectivity index (χ2n) is 9.09. The monoisotopic (exact) mass is 552 g/mol. The number of thiazole rings is 1. The molecule has 200 valence electrons. The van der Waals surface area contributed by atoms with E-state index in [0.717, 1.165) is 11.3 Å². The van der Waals surface area contributed by atoms with Crippen LogP contribution in [0.5, 0.6) is 11.5 Å². The lowest BCUT2D eigenvalue weighted by atomic mass is 10.1. The molecule has 3 heterocycles. The lowest BCUT2D eigenvalue weighted by molar-refractivity contribution is -0.118. The number of rotatable bonds is 5. The van der Waals surface area contributed by atoms with Gasteiger partial charge in [0.2, 0.25) is 4.80 Å². The van der Waals surface area contributed by atoms with E-state index >= 15 is 0 Å². The quantitative estimate of drug-likeness (QED) is 0.319. The second kappa shape index (κ2) is 10.2. The molecule has 0 unspecified atom stereocenters. The molecule has 0 spiro atoms. The number of anilines is 1. The maximum absolute atomic E-state index is 13.5. The van der Waals surface area contributed by atoms with Gasteiger partial charge in [0.25, 0.3) is 11.5 Å². The molecular formula is C29H24N6O4S. The summed E-state index contributed by atoms with van der Waals surface area (Å²) in [5.74, 6) is 0.430. The van der Waals surface area contributed by atoms with E-state index in [2.05, 4.69) is 10.4 Å². The van der Waals surface area contributed by atoms with Crippen molar-refractivity contribution < 1.29 is 14.6 Å². The molecule has 0 bridgehead atoms. The summed E-state index contributed by atoms with van der Waals surface area (Å²) in [4.78, 5) is 30.7. The van der Waals surface area contributed by atoms with Gasteiger partial charge in [0.05, 0.1) is 29.0 Å². The van der Waals surface area contributed by atoms with E-state index in [0.29, 0.717) is 33.2 Å². The lowest BCUT2D eigenvalue weighted by Crippen LogP contribution is -2.25. The Morgan fingerprint density at radius 3 is 2.62 bits per heavy atom. The third kappa shape index (κ3) is 4.52. The number of hydrogen-bond acceptors (Lipinski definition) is 7. The molecule has 1 aliphatic heterocycles. The molecule has 1 amide bonds. The smallest absolute Gasteiger partial charge is 0.297 e. The van der Waals surface area contributed by atoms with Crippen molar-refractivity contribution >= 4 is 34.8 Å². The Labute approximate surface area is 232 Å². The van der Waals surface area contributed by atoms with Crippen molar-refractivity contribution in [2.75, 3.05) is 11.9 Å². The maximum Gasteiger partial charge on any atom is 0.297 e. The molecule has 2 N–H and O–H groups in total. The van der Waals surface area contributed by atoms with Gasteiger partial charge in [-0.2, -0.15) is 5.10 Å². The minimum atomic E-state index is -0.258. The standard InChI is InChI=1S/C29H24N6O4S/c1-18-27(28(38)35(33(18)2)21-9-4-3-5-10-21)32-29-34(30-15-20-8-6-7-11-24(20)36)23(17-40-29)19-12-13-25-22(14-19)31-26(37)16-39-25/h3-15,17,36H,16H2,1-2H3,(H,31,37). The van der Waals surface area contributed by atoms with Crippen molar-refractivity contribution in [3.63, 3.8) is 0 Å². The van der Waals surface area contributed by atoms with Crippen molar-refractivity contribution in [1.82, 2.24) is 14.0 Å². The van der Waals surface area contributed by atoms with Crippen LogP contribution in [0.1, 0.15) is 11.3 Å². The zero-order valence-electron chi connectivity index (χ0n) is 21.6. The first-order valence-corrected chi connectivity index (χ1v) is 13.3. The number of para-hydroxylation sites is 2. The predicted molar refractivity (Wildman–Crippen MR) is 154 cm³/mol. The van der Waals surface area contributed by atoms with E-state index < -0.39 is 0 Å². The number of fused-ring (bicyclic) bond motifs is 1. The van der Waals surface area contributed by atoms with Crippen LogP contribution < -0.4 is 20.4 Å². The van der Waals surface area contributed by atoms with Crippen LogP contribution in [0.25, 0.3) is 16.9 Å². The van der Waals surface area contributed by atoms with E-state index in [1.807, 2.05) is 55.7 Å². The minimum Gasteiger partial charge on any atom is -0.507 e. The summed E-state index contributed by atoms with van der Waals surface area (Å²) in [6, 6.07) is 21.7. The van der Waals surface area contributed by atoms with Gasteiger partial charge in [-0.3, -0.25) is 14.3 Å². The summed E-state index contributed by atoms with van der Waals surface area (Å²) < 4.78 is 10.5. The Hall–Kier alpha value is -5.16. The van der Waals surface area contributed by atoms with Gasteiger partial charge in [-0.25, -0.2) is 14.4 Å². The van der Waals surface area contributed by atoms with Gasteiger partial charge in [0.15, 0.2) is 12.3 Å². The normalized spacial score (nSPS) is 13.3. The van der Waals surface area contributed by atoms with Gasteiger partial charge in [-0.1, -0.05) is 30.3 Å². The molecule has 0 saturated carbocycles. The average Bonchev–Trinajstić information content (AvgIpc) is 3.46. The molecule has 0 fully saturated rings. The first-order chi connectivity index (χ1) is 19.4. The number of nitrogens with zero attached hydrogens (tertiary/aromatic N) is 5. The SMILES string of the molecule is Cc1c(N=c2scc(-c3ccc4c(c3)NC(=O)CO4)n2N=Cc2ccccc2O)c(=O)n(-c2ccccc2)n1C. The Balaban J connectivity index is 1.53. The molecule has 3 aromatic carbocycles. The van der Waals surface area contributed by atoms with Gasteiger partial charge >= 0.3 is 0 Å². The van der Waals surface area contributed by atoms with E-state index in [1.54, 1.807) is 50.4 Å². The number of amides is 1. The molecule has 2 aromatic heterocycles. The van der Waals surface area contributed by atoms with E-state index in [1.165, 1.54) is 17.6 Å². The first kappa shape index (κ1) is 25.1. The zero-order chi connectivity index (χ0) is 27.8. The van der Waals surface area contributed by atoms with Gasteiger partial charge in [-0.15, -0.1) is 11.3 Å². The number of aromatic hydroxyl groups is 1. The summed E-state index contributed by atoms with van der Waals surface area (Å²) >= 11 is 1.32. The lowest BCUT2D eigenvalue weighted by Gasteiger charge is -2.18. The third-order valence-electron chi connectivity index (χ3n) is 6.57. The highest BCUT2D eigenvalue weighted by atomic mass is 32.1. The summed E-state index contributed by atoms with van der Waals surface area (Å²) in [5.41, 5.74) is 3.95. The highest BCUT2D eigenvalue weighted by molar-refractivity contribution is 7.07. The van der Waals surface area contributed by atoms with Gasteiger partial charge in [-0.05, 0) is 49.4 Å². The summed E-state index contributed by atoms with van der Waals surface area (Å²) in [7, 11) is 1.82. The van der Waals surface area contributed by atoms with E-state index in [9.17, 15) is 14.7 Å². The van der Waals surface area contributed by atoms with E-state index in [4.69, 9.17) is 9.73 Å². The molecule has 0 radical (unpaired) electrons. The molecule has 6 rings (SSSR count). The van der Waals surface area contributed by atoms with Crippen LogP contribution in [0.2, 0.25) is 0 Å². The molecule has 0 aliphatic carbocycles. The van der Waals surface area contributed by atoms with Crippen molar-refractivity contribution in [3.05, 3.63) is 105 Å². The van der Waals surface area contributed by atoms with Crippen molar-refractivity contribution in [1.29, 1.82) is 0 Å². The number of ether oxygens (including phenoxy) is 1. The van der Waals surface area contributed by atoms with Crippen molar-refractivity contribution in [3.8, 4) is 28.4 Å². The van der Waals surface area contributed by atoms with Crippen LogP contribution in [0.15, 0.2) is 93.1 Å². The van der Waals surface area contributed by atoms with Crippen molar-refractivity contribution in [2.24, 2.45) is 17.1 Å². The van der Waals surface area contributed by atoms with Crippen LogP contribution in [-0.4, -0.2) is 37.9 Å². The molecule has 1 aliphatic rings. The molecule has 11 heteroatoms. The van der Waals surface area contributed by atoms with Crippen LogP contribution in [-0.2, 0) is 11.8 Å². The number of carbonyl (C=O) groups is 1. The highest BCUT2D eigenvalue weighted by Crippen LogP contribution is 2.33. The van der Waals surface area contributed by atoms with Gasteiger partial charge < -0.3 is 15.2 Å². The molecule has 0 saturated heterocycles. The fourth-order valence-corrected chi connectivity index (χ4v) is 5.27. The molecule has 5 aromatic rings. The number of aromatic nitrogens is 3. The van der Waals surface area contributed by atoms with Crippen LogP contribution in [0.4, 0.5) is 11.4 Å². The molecule has 40 heavy (non-hydrogen) atoms. The number of phenolic OH excluding ortho intramolecular Hbond substituents is 1. The van der Waals surface area contributed by atoms with Gasteiger partial charge in [0.1, 0.15) is 11.5 Å². The summed E-state index contributed by atoms with van der Waals surface area (Å²) in [5, 5.41) is 19.6. The summed E-state index contributed by atoms with van der Waals surface area (Å²) in [6.07, 6.45) is 1.54. The van der Waals surface area contributed by atoms with Gasteiger partial charge in [0, 0.05) is 23.6 Å². The minimum absolute atomic E-state index is 0.0321. The molecular weight excluding hydrogens is 528 g/mol. The highest BCUT2D eigenvalue weighted by Gasteiger charge is 2.19. The number of nitrogens with one attached hydrogen (secondary N) is 1. The van der Waals surface area contributed by atoms with Crippen molar-refractivity contribution in [2.45, 2.75) is 6.92 Å². The summed E-state index contributed by atoms with van der Waals surface area (Å²) in [6.45, 7) is 1.81. The Morgan fingerprint density at radius 2 is 1.82 bits per heavy atom. The largest absolute Gasteiger partial charge is 0.507 e. The first-order valence-electron chi connectivity index (χ1n) is 12.4. The Morgan fingerprint density at radius 1 is 1.05 bits per heavy atom.